The Morgan fingerprint density at radius 1 is 1.13 bits per heavy atom. The van der Waals surface area contributed by atoms with Crippen LogP contribution in [0.15, 0.2) is 70.3 Å². The van der Waals surface area contributed by atoms with Gasteiger partial charge in [0.15, 0.2) is 20.7 Å². The highest BCUT2D eigenvalue weighted by atomic mass is 32.2. The normalized spacial score (nSPS) is 14.3. The predicted molar refractivity (Wildman–Crippen MR) is 118 cm³/mol. The molecule has 1 aromatic carbocycles. The van der Waals surface area contributed by atoms with Crippen LogP contribution in [0.5, 0.6) is 0 Å². The van der Waals surface area contributed by atoms with E-state index in [-0.39, 0.29) is 22.5 Å². The lowest BCUT2D eigenvalue weighted by molar-refractivity contribution is -0.110. The first-order chi connectivity index (χ1) is 15.0. The van der Waals surface area contributed by atoms with Gasteiger partial charge in [0.25, 0.3) is 5.91 Å². The molecule has 160 valence electrons. The Kier molecular flexibility index (Phi) is 6.38. The molecule has 2 heterocycles. The topological polar surface area (TPSA) is 111 Å². The second kappa shape index (κ2) is 9.36. The lowest BCUT2D eigenvalue weighted by atomic mass is 10.1. The standard InChI is InChI=1S/C21H20N4O4S2/c26-20(24-21-23-12-14-30-21)19(25-29-13-10-16-3-1-2-11-22-16)15-4-6-17(7-5-15)31(27,28)18-8-9-18/h1-7,11-12,14,18H,8-10,13H2,(H,23,24,26). The number of sulfone groups is 1. The Balaban J connectivity index is 1.51. The van der Waals surface area contributed by atoms with E-state index in [0.29, 0.717) is 30.0 Å². The molecule has 0 unspecified atom stereocenters. The number of carbonyl (C=O) groups is 1. The molecule has 0 saturated heterocycles. The average Bonchev–Trinajstić information content (AvgIpc) is 3.53. The minimum absolute atomic E-state index is 0.0339. The molecular formula is C21H20N4O4S2. The average molecular weight is 457 g/mol. The van der Waals surface area contributed by atoms with Gasteiger partial charge in [-0.3, -0.25) is 15.1 Å². The minimum atomic E-state index is -3.31. The van der Waals surface area contributed by atoms with Crippen molar-refractivity contribution in [3.05, 3.63) is 71.5 Å². The summed E-state index contributed by atoms with van der Waals surface area (Å²) in [5.74, 6) is -0.495. The number of rotatable bonds is 9. The van der Waals surface area contributed by atoms with E-state index in [1.165, 1.54) is 23.5 Å². The van der Waals surface area contributed by atoms with E-state index in [2.05, 4.69) is 20.4 Å². The van der Waals surface area contributed by atoms with E-state index in [1.807, 2.05) is 18.2 Å². The third-order valence-corrected chi connectivity index (χ3v) is 7.59. The van der Waals surface area contributed by atoms with Gasteiger partial charge in [-0.05, 0) is 37.1 Å². The Labute approximate surface area is 183 Å². The number of amides is 1. The quantitative estimate of drug-likeness (QED) is 0.301. The number of carbonyl (C=O) groups excluding carboxylic acids is 1. The predicted octanol–water partition coefficient (Wildman–Crippen LogP) is 3.08. The summed E-state index contributed by atoms with van der Waals surface area (Å²) in [6.45, 7) is 0.235. The number of anilines is 1. The van der Waals surface area contributed by atoms with Crippen LogP contribution >= 0.6 is 11.3 Å². The zero-order valence-electron chi connectivity index (χ0n) is 16.5. The molecule has 31 heavy (non-hydrogen) atoms. The third-order valence-electron chi connectivity index (χ3n) is 4.62. The van der Waals surface area contributed by atoms with Crippen molar-refractivity contribution in [2.45, 2.75) is 29.4 Å². The molecular weight excluding hydrogens is 436 g/mol. The molecule has 1 amide bonds. The van der Waals surface area contributed by atoms with Crippen LogP contribution < -0.4 is 5.32 Å². The van der Waals surface area contributed by atoms with Crippen LogP contribution in [0.2, 0.25) is 0 Å². The lowest BCUT2D eigenvalue weighted by Crippen LogP contribution is -2.24. The van der Waals surface area contributed by atoms with Crippen molar-refractivity contribution in [2.24, 2.45) is 5.16 Å². The van der Waals surface area contributed by atoms with Crippen molar-refractivity contribution >= 4 is 37.9 Å². The van der Waals surface area contributed by atoms with Crippen molar-refractivity contribution in [1.29, 1.82) is 0 Å². The zero-order valence-corrected chi connectivity index (χ0v) is 18.1. The molecule has 10 heteroatoms. The first kappa shape index (κ1) is 21.1. The van der Waals surface area contributed by atoms with Gasteiger partial charge in [-0.25, -0.2) is 13.4 Å². The Hall–Kier alpha value is -3.11. The molecule has 0 radical (unpaired) electrons. The fraction of sp³-hybridized carbons (Fsp3) is 0.238. The van der Waals surface area contributed by atoms with Crippen molar-refractivity contribution in [3.63, 3.8) is 0 Å². The van der Waals surface area contributed by atoms with E-state index in [4.69, 9.17) is 4.84 Å². The number of nitrogens with zero attached hydrogens (tertiary/aromatic N) is 3. The third kappa shape index (κ3) is 5.33. The molecule has 8 nitrogen and oxygen atoms in total. The number of benzene rings is 1. The summed E-state index contributed by atoms with van der Waals surface area (Å²) in [7, 11) is -3.31. The molecule has 3 aromatic rings. The number of hydrogen-bond donors (Lipinski definition) is 1. The summed E-state index contributed by atoms with van der Waals surface area (Å²) in [6.07, 6.45) is 5.19. The van der Waals surface area contributed by atoms with Crippen LogP contribution in [0, 0.1) is 0 Å². The summed E-state index contributed by atoms with van der Waals surface area (Å²) in [4.78, 5) is 26.7. The monoisotopic (exact) mass is 456 g/mol. The highest BCUT2D eigenvalue weighted by molar-refractivity contribution is 7.92. The molecule has 1 N–H and O–H groups in total. The van der Waals surface area contributed by atoms with Crippen LogP contribution in [0.25, 0.3) is 0 Å². The van der Waals surface area contributed by atoms with Crippen molar-refractivity contribution in [3.8, 4) is 0 Å². The molecule has 2 aromatic heterocycles. The van der Waals surface area contributed by atoms with Gasteiger partial charge in [0.05, 0.1) is 10.1 Å². The molecule has 4 rings (SSSR count). The summed E-state index contributed by atoms with van der Waals surface area (Å²) in [6, 6.07) is 11.7. The first-order valence-corrected chi connectivity index (χ1v) is 12.1. The smallest absolute Gasteiger partial charge is 0.280 e. The second-order valence-electron chi connectivity index (χ2n) is 6.90. The van der Waals surface area contributed by atoms with Gasteiger partial charge in [0, 0.05) is 35.5 Å². The second-order valence-corrected chi connectivity index (χ2v) is 10.0. The fourth-order valence-corrected chi connectivity index (χ4v) is 5.03. The molecule has 0 atom stereocenters. The number of oxime groups is 1. The van der Waals surface area contributed by atoms with Crippen LogP contribution in [0.1, 0.15) is 24.1 Å². The fourth-order valence-electron chi connectivity index (χ4n) is 2.85. The number of hydrogen-bond acceptors (Lipinski definition) is 8. The SMILES string of the molecule is O=C(Nc1nccs1)C(=NOCCc1ccccn1)c1ccc(S(=O)(=O)C2CC2)cc1. The van der Waals surface area contributed by atoms with E-state index < -0.39 is 15.7 Å². The van der Waals surface area contributed by atoms with Crippen molar-refractivity contribution < 1.29 is 18.0 Å². The first-order valence-electron chi connectivity index (χ1n) is 9.69. The van der Waals surface area contributed by atoms with E-state index >= 15 is 0 Å². The molecule has 1 aliphatic carbocycles. The number of pyridine rings is 1. The maximum absolute atomic E-state index is 12.8. The highest BCUT2D eigenvalue weighted by Gasteiger charge is 2.36. The van der Waals surface area contributed by atoms with Crippen molar-refractivity contribution in [2.75, 3.05) is 11.9 Å². The van der Waals surface area contributed by atoms with Crippen molar-refractivity contribution in [1.82, 2.24) is 9.97 Å². The number of aromatic nitrogens is 2. The Morgan fingerprint density at radius 3 is 2.58 bits per heavy atom. The van der Waals surface area contributed by atoms with Crippen LogP contribution in [0.4, 0.5) is 5.13 Å². The van der Waals surface area contributed by atoms with Gasteiger partial charge in [0.1, 0.15) is 6.61 Å². The molecule has 0 bridgehead atoms. The van der Waals surface area contributed by atoms with Gasteiger partial charge in [-0.1, -0.05) is 23.4 Å². The largest absolute Gasteiger partial charge is 0.395 e. The summed E-state index contributed by atoms with van der Waals surface area (Å²) < 4.78 is 24.8. The van der Waals surface area contributed by atoms with Crippen LogP contribution in [-0.2, 0) is 25.9 Å². The van der Waals surface area contributed by atoms with E-state index in [9.17, 15) is 13.2 Å². The number of nitrogens with one attached hydrogen (secondary N) is 1. The Morgan fingerprint density at radius 2 is 1.94 bits per heavy atom. The van der Waals surface area contributed by atoms with Gasteiger partial charge < -0.3 is 4.84 Å². The lowest BCUT2D eigenvalue weighted by Gasteiger charge is -2.08. The maximum atomic E-state index is 12.8. The van der Waals surface area contributed by atoms with Gasteiger partial charge in [-0.2, -0.15) is 0 Å². The van der Waals surface area contributed by atoms with Crippen LogP contribution in [0.3, 0.4) is 0 Å². The van der Waals surface area contributed by atoms with Gasteiger partial charge >= 0.3 is 0 Å². The summed E-state index contributed by atoms with van der Waals surface area (Å²) >= 11 is 1.28. The van der Waals surface area contributed by atoms with E-state index in [0.717, 1.165) is 5.69 Å². The Bertz CT molecular complexity index is 1160. The van der Waals surface area contributed by atoms with Gasteiger partial charge in [0.2, 0.25) is 0 Å². The molecule has 1 aliphatic rings. The molecule has 1 saturated carbocycles. The van der Waals surface area contributed by atoms with E-state index in [1.54, 1.807) is 29.9 Å². The minimum Gasteiger partial charge on any atom is -0.395 e. The summed E-state index contributed by atoms with van der Waals surface area (Å²) in [5, 5.41) is 8.59. The summed E-state index contributed by atoms with van der Waals surface area (Å²) in [5.41, 5.74) is 1.33. The van der Waals surface area contributed by atoms with Gasteiger partial charge in [-0.15, -0.1) is 11.3 Å². The zero-order chi connectivity index (χ0) is 21.7. The van der Waals surface area contributed by atoms with Crippen LogP contribution in [-0.4, -0.2) is 41.9 Å². The molecule has 1 fully saturated rings. The molecule has 0 spiro atoms. The molecule has 0 aliphatic heterocycles. The highest BCUT2D eigenvalue weighted by Crippen LogP contribution is 2.33. The number of thiazole rings is 1. The maximum Gasteiger partial charge on any atom is 0.280 e.